The fourth-order valence-corrected chi connectivity index (χ4v) is 13.0. The minimum atomic E-state index is -1.11. The Morgan fingerprint density at radius 2 is 0.636 bits per heavy atom. The second kappa shape index (κ2) is 27.0. The monoisotopic (exact) mass is 676 g/mol. The Hall–Kier alpha value is 1.91. The van der Waals surface area contributed by atoms with Crippen molar-refractivity contribution in [3.63, 3.8) is 0 Å². The Morgan fingerprint density at radius 3 is 0.788 bits per heavy atom. The van der Waals surface area contributed by atoms with Crippen LogP contribution in [-0.2, 0) is 10.9 Å². The van der Waals surface area contributed by atoms with Crippen LogP contribution >= 0.6 is 42.6 Å². The van der Waals surface area contributed by atoms with Crippen molar-refractivity contribution in [3.05, 3.63) is 0 Å². The first-order valence-electron chi connectivity index (χ1n) is 13.9. The van der Waals surface area contributed by atoms with Gasteiger partial charge in [0, 0.05) is 0 Å². The van der Waals surface area contributed by atoms with Gasteiger partial charge in [-0.25, -0.2) is 0 Å². The molecule has 0 saturated carbocycles. The molecule has 0 amide bonds. The van der Waals surface area contributed by atoms with Gasteiger partial charge < -0.3 is 9.49 Å². The molecule has 0 radical (unpaired) electrons. The maximum absolute atomic E-state index is 5.55. The summed E-state index contributed by atoms with van der Waals surface area (Å²) in [6, 6.07) is 0. The van der Waals surface area contributed by atoms with Gasteiger partial charge >= 0.3 is 39.3 Å². The van der Waals surface area contributed by atoms with E-state index in [-0.39, 0.29) is 0 Å². The van der Waals surface area contributed by atoms with Crippen molar-refractivity contribution < 1.29 is 10.9 Å². The molecule has 0 atom stereocenters. The van der Waals surface area contributed by atoms with Crippen molar-refractivity contribution in [2.24, 2.45) is 9.49 Å². The molecule has 33 heavy (non-hydrogen) atoms. The van der Waals surface area contributed by atoms with Crippen molar-refractivity contribution in [2.45, 2.75) is 119 Å². The molecule has 0 aromatic rings. The summed E-state index contributed by atoms with van der Waals surface area (Å²) in [7, 11) is -0.978. The summed E-state index contributed by atoms with van der Waals surface area (Å²) in [4.78, 5) is 0. The second-order valence-electron chi connectivity index (χ2n) is 9.43. The number of unbranched alkanes of at least 4 members (excludes halogenated alkanes) is 6. The summed E-state index contributed by atoms with van der Waals surface area (Å²) in [5.74, 6) is 0. The molecule has 0 aromatic carbocycles. The summed E-state index contributed by atoms with van der Waals surface area (Å²) in [6.45, 7) is 16.1. The predicted molar refractivity (Wildman–Crippen MR) is 165 cm³/mol. The Kier molecular flexibility index (Phi) is 30.3. The van der Waals surface area contributed by atoms with Crippen LogP contribution in [0.4, 0.5) is 0 Å². The third-order valence-electron chi connectivity index (χ3n) is 6.47. The molecule has 0 N–H and O–H groups in total. The molecular weight excluding hydrogens is 621 g/mol. The van der Waals surface area contributed by atoms with Crippen molar-refractivity contribution >= 4 is 42.6 Å². The summed E-state index contributed by atoms with van der Waals surface area (Å²) in [6.07, 6.45) is 24.6. The van der Waals surface area contributed by atoms with Crippen LogP contribution in [0.5, 0.6) is 0 Å². The van der Waals surface area contributed by atoms with Crippen LogP contribution in [0.3, 0.4) is 0 Å². The third-order valence-corrected chi connectivity index (χ3v) is 15.0. The molecule has 0 aromatic heterocycles. The van der Waals surface area contributed by atoms with E-state index in [9.17, 15) is 0 Å². The van der Waals surface area contributed by atoms with E-state index in [4.69, 9.17) is 9.49 Å². The Bertz CT molecular complexity index is 415. The van der Waals surface area contributed by atoms with Crippen molar-refractivity contribution in [1.82, 2.24) is 0 Å². The fourth-order valence-electron chi connectivity index (χ4n) is 4.32. The van der Waals surface area contributed by atoms with Gasteiger partial charge in [-0.05, 0) is 89.6 Å². The summed E-state index contributed by atoms with van der Waals surface area (Å²) in [5, 5.41) is 0. The molecule has 7 heteroatoms. The Morgan fingerprint density at radius 1 is 0.455 bits per heavy atom. The molecule has 0 unspecified atom stereocenters. The number of hydrogen-bond donors (Lipinski definition) is 0. The van der Waals surface area contributed by atoms with Crippen LogP contribution < -0.4 is 0 Å². The van der Waals surface area contributed by atoms with Crippen LogP contribution in [0, 0.1) is 0 Å². The predicted octanol–water partition coefficient (Wildman–Crippen LogP) is 11.9. The van der Waals surface area contributed by atoms with Gasteiger partial charge in [0.05, 0.1) is 13.1 Å². The van der Waals surface area contributed by atoms with E-state index in [1.165, 1.54) is 125 Å². The van der Waals surface area contributed by atoms with E-state index in [0.717, 1.165) is 13.1 Å². The fraction of sp³-hybridized carbons (Fsp3) is 1.00. The van der Waals surface area contributed by atoms with Crippen LogP contribution in [0.1, 0.15) is 119 Å². The van der Waals surface area contributed by atoms with Gasteiger partial charge in [0.25, 0.3) is 0 Å². The maximum atomic E-state index is 5.55. The molecule has 0 spiro atoms. The Labute approximate surface area is 230 Å². The molecule has 206 valence electrons. The van der Waals surface area contributed by atoms with Gasteiger partial charge in [0.15, 0.2) is 0 Å². The first-order valence-corrected chi connectivity index (χ1v) is 23.4. The summed E-state index contributed by atoms with van der Waals surface area (Å²) in [5.41, 5.74) is 0. The van der Waals surface area contributed by atoms with Crippen LogP contribution in [0.25, 0.3) is 0 Å². The average Bonchev–Trinajstić information content (AvgIpc) is 2.83. The number of hydrogen-bond acceptors (Lipinski definition) is 2. The molecule has 0 aliphatic rings. The quantitative estimate of drug-likeness (QED) is 0.0656. The second-order valence-corrected chi connectivity index (χ2v) is 22.0. The molecule has 0 aliphatic carbocycles. The zero-order valence-electron chi connectivity index (χ0n) is 23.0. The number of halogens is 2. The van der Waals surface area contributed by atoms with Crippen molar-refractivity contribution in [3.8, 4) is 0 Å². The summed E-state index contributed by atoms with van der Waals surface area (Å²) >= 11 is 6.00. The molecule has 0 fully saturated rings. The van der Waals surface area contributed by atoms with Crippen molar-refractivity contribution in [2.75, 3.05) is 50.1 Å². The minimum absolute atomic E-state index is 1.02. The van der Waals surface area contributed by atoms with Gasteiger partial charge in [0.1, 0.15) is 0 Å². The molecule has 0 heterocycles. The van der Waals surface area contributed by atoms with Crippen LogP contribution in [0.2, 0.25) is 0 Å². The van der Waals surface area contributed by atoms with Crippen LogP contribution in [-0.4, -0.2) is 50.1 Å². The van der Waals surface area contributed by atoms with Gasteiger partial charge in [0.2, 0.25) is 0 Å². The van der Waals surface area contributed by atoms with Gasteiger partial charge in [-0.1, -0.05) is 80.1 Å². The molecular formula is C26H58Br2N2NiP2. The van der Waals surface area contributed by atoms with E-state index >= 15 is 0 Å². The molecule has 2 nitrogen and oxygen atoms in total. The van der Waals surface area contributed by atoms with E-state index < -0.39 is 14.1 Å². The topological polar surface area (TPSA) is 24.7 Å². The Balaban J connectivity index is 0. The normalized spacial score (nSPS) is 11.9. The average molecular weight is 679 g/mol. The van der Waals surface area contributed by atoms with Crippen molar-refractivity contribution in [1.29, 1.82) is 0 Å². The first-order chi connectivity index (χ1) is 16.0. The van der Waals surface area contributed by atoms with Crippen LogP contribution in [0.15, 0.2) is 9.49 Å². The molecule has 0 bridgehead atoms. The SMILES string of the molecule is CCCCP(CCCC)(CCCC)=NCCN=P(CCCC)(CCCC)CCCC.[Br][Ni][Br]. The van der Waals surface area contributed by atoms with Gasteiger partial charge in [-0.15, -0.1) is 0 Å². The summed E-state index contributed by atoms with van der Waals surface area (Å²) < 4.78 is 11.1. The standard InChI is InChI=1S/C26H58N2P2.2BrH.Ni/c1-7-13-21-29(22-14-8-2,23-15-9-3)27-19-20-28-30(24-16-10-4,25-17-11-5)26-18-12-6;;;/h7-26H2,1-6H3;2*1H;/q;;;+2/p-2. The van der Waals surface area contributed by atoms with Gasteiger partial charge in [-0.3, -0.25) is 0 Å². The van der Waals surface area contributed by atoms with E-state index in [1.54, 1.807) is 0 Å². The first kappa shape index (κ1) is 37.1. The van der Waals surface area contributed by atoms with Gasteiger partial charge in [-0.2, -0.15) is 0 Å². The number of rotatable bonds is 21. The molecule has 0 saturated heterocycles. The molecule has 0 aliphatic heterocycles. The van der Waals surface area contributed by atoms with E-state index in [1.807, 2.05) is 0 Å². The zero-order valence-corrected chi connectivity index (χ0v) is 29.0. The number of nitrogens with zero attached hydrogens (tertiary/aromatic N) is 2. The van der Waals surface area contributed by atoms with E-state index in [2.05, 4.69) is 70.0 Å². The third kappa shape index (κ3) is 20.6. The molecule has 0 rings (SSSR count). The zero-order chi connectivity index (χ0) is 25.3. The van der Waals surface area contributed by atoms with E-state index in [0.29, 0.717) is 0 Å².